The number of aliphatic imine (C=N–C) groups is 1. The molecule has 0 aliphatic carbocycles. The van der Waals surface area contributed by atoms with E-state index in [1.165, 1.54) is 5.56 Å². The maximum absolute atomic E-state index is 11.9. The molecule has 1 aliphatic heterocycles. The molecule has 0 unspecified atom stereocenters. The maximum Gasteiger partial charge on any atom is 0.148 e. The van der Waals surface area contributed by atoms with Gasteiger partial charge < -0.3 is 0 Å². The predicted molar refractivity (Wildman–Crippen MR) is 81.8 cm³/mol. The Bertz CT molecular complexity index is 489. The molecule has 0 radical (unpaired) electrons. The molecular weight excluding hydrogens is 262 g/mol. The molecule has 1 aromatic carbocycles. The van der Waals surface area contributed by atoms with Gasteiger partial charge in [-0.3, -0.25) is 4.79 Å². The smallest absolute Gasteiger partial charge is 0.148 e. The molecule has 0 fully saturated rings. The molecule has 1 aromatic rings. The number of hydrogen-bond donors (Lipinski definition) is 0. The van der Waals surface area contributed by atoms with Crippen LogP contribution in [0.3, 0.4) is 0 Å². The number of carbonyl (C=O) groups excluding carboxylic acids is 1. The number of carbonyl (C=O) groups is 1. The van der Waals surface area contributed by atoms with Crippen molar-refractivity contribution in [3.05, 3.63) is 29.8 Å². The van der Waals surface area contributed by atoms with Gasteiger partial charge in [-0.15, -0.1) is 0 Å². The minimum atomic E-state index is -0.259. The number of rotatable bonds is 2. The molecular formula is C14H17NOS2. The second-order valence-corrected chi connectivity index (χ2v) is 7.44. The fraction of sp³-hybridized carbons (Fsp3) is 0.429. The van der Waals surface area contributed by atoms with Gasteiger partial charge in [0.1, 0.15) is 10.2 Å². The summed E-state index contributed by atoms with van der Waals surface area (Å²) >= 11 is 3.28. The molecule has 0 saturated heterocycles. The Labute approximate surface area is 117 Å². The highest BCUT2D eigenvalue weighted by atomic mass is 32.2. The van der Waals surface area contributed by atoms with E-state index in [9.17, 15) is 4.79 Å². The fourth-order valence-electron chi connectivity index (χ4n) is 1.43. The van der Waals surface area contributed by atoms with Crippen molar-refractivity contribution < 1.29 is 4.79 Å². The Morgan fingerprint density at radius 2 is 2.11 bits per heavy atom. The average Bonchev–Trinajstić information content (AvgIpc) is 2.34. The summed E-state index contributed by atoms with van der Waals surface area (Å²) in [5.74, 6) is 1.73. The molecule has 0 aromatic heterocycles. The molecule has 2 rings (SSSR count). The van der Waals surface area contributed by atoms with E-state index in [1.54, 1.807) is 23.5 Å². The van der Waals surface area contributed by atoms with Crippen molar-refractivity contribution in [2.45, 2.75) is 26.5 Å². The first-order valence-electron chi connectivity index (χ1n) is 5.92. The molecule has 0 spiro atoms. The topological polar surface area (TPSA) is 29.4 Å². The van der Waals surface area contributed by atoms with Crippen LogP contribution in [-0.4, -0.2) is 15.9 Å². The van der Waals surface area contributed by atoms with Crippen molar-refractivity contribution >= 4 is 39.4 Å². The molecule has 4 heteroatoms. The lowest BCUT2D eigenvalue weighted by Crippen LogP contribution is -2.22. The fourth-order valence-corrected chi connectivity index (χ4v) is 3.65. The summed E-state index contributed by atoms with van der Waals surface area (Å²) in [5, 5.41) is 0. The van der Waals surface area contributed by atoms with Crippen molar-refractivity contribution in [3.8, 4) is 0 Å². The Balaban J connectivity index is 2.01. The first kappa shape index (κ1) is 13.7. The molecule has 0 N–H and O–H groups in total. The third-order valence-corrected chi connectivity index (χ3v) is 4.96. The highest BCUT2D eigenvalue weighted by molar-refractivity contribution is 8.38. The van der Waals surface area contributed by atoms with Crippen LogP contribution in [-0.2, 0) is 10.5 Å². The van der Waals surface area contributed by atoms with E-state index in [0.717, 1.165) is 15.8 Å². The highest BCUT2D eigenvalue weighted by Crippen LogP contribution is 2.34. The van der Waals surface area contributed by atoms with Gasteiger partial charge in [0, 0.05) is 11.2 Å². The molecule has 0 atom stereocenters. The van der Waals surface area contributed by atoms with Crippen LogP contribution in [0.2, 0.25) is 0 Å². The highest BCUT2D eigenvalue weighted by Gasteiger charge is 2.22. The third kappa shape index (κ3) is 3.39. The van der Waals surface area contributed by atoms with Gasteiger partial charge in [0.2, 0.25) is 0 Å². The van der Waals surface area contributed by atoms with Gasteiger partial charge in [-0.25, -0.2) is 4.99 Å². The van der Waals surface area contributed by atoms with Crippen LogP contribution in [0.4, 0.5) is 5.69 Å². The van der Waals surface area contributed by atoms with Crippen LogP contribution >= 0.6 is 23.5 Å². The largest absolute Gasteiger partial charge is 0.298 e. The van der Waals surface area contributed by atoms with Gasteiger partial charge in [-0.1, -0.05) is 62.5 Å². The van der Waals surface area contributed by atoms with Crippen LogP contribution in [0.1, 0.15) is 26.3 Å². The van der Waals surface area contributed by atoms with E-state index in [1.807, 2.05) is 39.0 Å². The second kappa shape index (κ2) is 5.49. The summed E-state index contributed by atoms with van der Waals surface area (Å²) in [5.41, 5.74) is 2.06. The Morgan fingerprint density at radius 3 is 2.83 bits per heavy atom. The molecule has 0 amide bonds. The van der Waals surface area contributed by atoms with Crippen LogP contribution in [0.25, 0.3) is 0 Å². The predicted octanol–water partition coefficient (Wildman–Crippen LogP) is 4.27. The molecule has 96 valence electrons. The van der Waals surface area contributed by atoms with Gasteiger partial charge in [0.25, 0.3) is 0 Å². The lowest BCUT2D eigenvalue weighted by atomic mass is 9.92. The number of thioether (sulfide) groups is 2. The van der Waals surface area contributed by atoms with Gasteiger partial charge in [0.15, 0.2) is 0 Å². The number of para-hydroxylation sites is 1. The number of ketones is 1. The zero-order valence-electron chi connectivity index (χ0n) is 10.9. The molecule has 2 nitrogen and oxygen atoms in total. The lowest BCUT2D eigenvalue weighted by Gasteiger charge is -2.18. The van der Waals surface area contributed by atoms with E-state index in [2.05, 4.69) is 11.1 Å². The number of Topliss-reactive ketones (excluding diaryl/α,β-unsaturated/α-hetero) is 1. The van der Waals surface area contributed by atoms with Gasteiger partial charge >= 0.3 is 0 Å². The first-order valence-corrected chi connectivity index (χ1v) is 7.89. The average molecular weight is 279 g/mol. The minimum Gasteiger partial charge on any atom is -0.298 e. The zero-order valence-corrected chi connectivity index (χ0v) is 12.5. The second-order valence-electron chi connectivity index (χ2n) is 5.26. The zero-order chi connectivity index (χ0) is 13.2. The standard InChI is InChI=1S/C14H17NOS2/c1-14(2,3)12(16)9-18-13-15-11-7-5-4-6-10(11)8-17-13/h4-7H,8-9H2,1-3H3. The van der Waals surface area contributed by atoms with E-state index in [4.69, 9.17) is 0 Å². The summed E-state index contributed by atoms with van der Waals surface area (Å²) in [6.45, 7) is 5.88. The minimum absolute atomic E-state index is 0.259. The Morgan fingerprint density at radius 1 is 1.39 bits per heavy atom. The summed E-state index contributed by atoms with van der Waals surface area (Å²) in [7, 11) is 0. The van der Waals surface area contributed by atoms with Crippen molar-refractivity contribution in [2.24, 2.45) is 10.4 Å². The van der Waals surface area contributed by atoms with E-state index >= 15 is 0 Å². The number of nitrogens with zero attached hydrogens (tertiary/aromatic N) is 1. The monoisotopic (exact) mass is 279 g/mol. The number of benzene rings is 1. The molecule has 18 heavy (non-hydrogen) atoms. The molecule has 1 heterocycles. The van der Waals surface area contributed by atoms with Crippen LogP contribution in [0, 0.1) is 5.41 Å². The Kier molecular flexibility index (Phi) is 4.17. The SMILES string of the molecule is CC(C)(C)C(=O)CSC1=Nc2ccccc2CS1. The van der Waals surface area contributed by atoms with Crippen LogP contribution in [0.5, 0.6) is 0 Å². The van der Waals surface area contributed by atoms with Crippen LogP contribution < -0.4 is 0 Å². The van der Waals surface area contributed by atoms with Crippen molar-refractivity contribution in [2.75, 3.05) is 5.75 Å². The third-order valence-electron chi connectivity index (χ3n) is 2.72. The normalized spacial score (nSPS) is 14.9. The lowest BCUT2D eigenvalue weighted by molar-refractivity contribution is -0.123. The van der Waals surface area contributed by atoms with Crippen molar-refractivity contribution in [1.29, 1.82) is 0 Å². The van der Waals surface area contributed by atoms with E-state index in [0.29, 0.717) is 5.75 Å². The molecule has 0 bridgehead atoms. The summed E-state index contributed by atoms with van der Waals surface area (Å²) in [6, 6.07) is 8.17. The summed E-state index contributed by atoms with van der Waals surface area (Å²) in [6.07, 6.45) is 0. The maximum atomic E-state index is 11.9. The Hall–Kier alpha value is -0.740. The number of hydrogen-bond acceptors (Lipinski definition) is 4. The molecule has 1 aliphatic rings. The molecule has 0 saturated carbocycles. The van der Waals surface area contributed by atoms with Gasteiger partial charge in [0.05, 0.1) is 11.4 Å². The van der Waals surface area contributed by atoms with Crippen molar-refractivity contribution in [3.63, 3.8) is 0 Å². The van der Waals surface area contributed by atoms with E-state index in [-0.39, 0.29) is 11.2 Å². The van der Waals surface area contributed by atoms with Crippen molar-refractivity contribution in [1.82, 2.24) is 0 Å². The quantitative estimate of drug-likeness (QED) is 0.809. The first-order chi connectivity index (χ1) is 8.47. The van der Waals surface area contributed by atoms with Gasteiger partial charge in [-0.2, -0.15) is 0 Å². The summed E-state index contributed by atoms with van der Waals surface area (Å²) in [4.78, 5) is 16.5. The number of fused-ring (bicyclic) bond motifs is 1. The summed E-state index contributed by atoms with van der Waals surface area (Å²) < 4.78 is 1.01. The van der Waals surface area contributed by atoms with E-state index < -0.39 is 0 Å². The van der Waals surface area contributed by atoms with Gasteiger partial charge in [-0.05, 0) is 11.6 Å². The van der Waals surface area contributed by atoms with Crippen LogP contribution in [0.15, 0.2) is 29.3 Å².